The van der Waals surface area contributed by atoms with Crippen molar-refractivity contribution in [2.75, 3.05) is 0 Å². The number of hydrogen-bond donors (Lipinski definition) is 0. The molecule has 0 aliphatic rings. The lowest BCUT2D eigenvalue weighted by Gasteiger charge is -2.08. The van der Waals surface area contributed by atoms with E-state index in [1.54, 1.807) is 12.3 Å². The fourth-order valence-electron chi connectivity index (χ4n) is 1.48. The molecule has 0 unspecified atom stereocenters. The first-order valence-corrected chi connectivity index (χ1v) is 5.41. The number of aldehydes is 1. The first-order valence-electron chi connectivity index (χ1n) is 5.41. The number of pyridine rings is 1. The molecule has 0 spiro atoms. The summed E-state index contributed by atoms with van der Waals surface area (Å²) in [6.45, 7) is 2.02. The summed E-state index contributed by atoms with van der Waals surface area (Å²) in [7, 11) is 0. The van der Waals surface area contributed by atoms with E-state index in [-0.39, 0.29) is 0 Å². The van der Waals surface area contributed by atoms with Crippen LogP contribution in [0.5, 0.6) is 11.6 Å². The zero-order valence-electron chi connectivity index (χ0n) is 9.59. The minimum atomic E-state index is 0.315. The summed E-state index contributed by atoms with van der Waals surface area (Å²) in [5.74, 6) is 1.21. The largest absolute Gasteiger partial charge is 0.439 e. The molecule has 3 heteroatoms. The topological polar surface area (TPSA) is 39.2 Å². The molecule has 0 saturated heterocycles. The third-order valence-electron chi connectivity index (χ3n) is 2.39. The summed E-state index contributed by atoms with van der Waals surface area (Å²) in [6.07, 6.45) is 2.81. The van der Waals surface area contributed by atoms with E-state index in [1.807, 2.05) is 37.3 Å². The zero-order valence-corrected chi connectivity index (χ0v) is 9.59. The van der Waals surface area contributed by atoms with Crippen molar-refractivity contribution < 1.29 is 9.53 Å². The molecule has 3 nitrogen and oxygen atoms in total. The highest BCUT2D eigenvalue weighted by Gasteiger charge is 2.05. The lowest BCUT2D eigenvalue weighted by atomic mass is 10.2. The van der Waals surface area contributed by atoms with Crippen molar-refractivity contribution in [1.82, 2.24) is 4.98 Å². The molecule has 17 heavy (non-hydrogen) atoms. The van der Waals surface area contributed by atoms with Crippen molar-refractivity contribution in [2.45, 2.75) is 13.3 Å². The van der Waals surface area contributed by atoms with Crippen LogP contribution in [0.15, 0.2) is 42.6 Å². The zero-order chi connectivity index (χ0) is 12.1. The average Bonchev–Trinajstić information content (AvgIpc) is 2.35. The summed E-state index contributed by atoms with van der Waals surface area (Å²) in [4.78, 5) is 14.7. The number of carbonyl (C=O) groups is 1. The average molecular weight is 227 g/mol. The van der Waals surface area contributed by atoms with Gasteiger partial charge in [-0.25, -0.2) is 4.98 Å². The Morgan fingerprint density at radius 1 is 1.24 bits per heavy atom. The SMILES string of the molecule is Cc1ccc(Oc2ncccc2CC=O)cc1. The number of nitrogens with zero attached hydrogens (tertiary/aromatic N) is 1. The molecule has 2 aromatic rings. The van der Waals surface area contributed by atoms with Crippen LogP contribution in [-0.2, 0) is 11.2 Å². The monoisotopic (exact) mass is 227 g/mol. The van der Waals surface area contributed by atoms with Crippen LogP contribution < -0.4 is 4.74 Å². The number of aryl methyl sites for hydroxylation is 1. The molecule has 0 fully saturated rings. The van der Waals surface area contributed by atoms with Gasteiger partial charge in [0.05, 0.1) is 0 Å². The van der Waals surface area contributed by atoms with Crippen LogP contribution in [0, 0.1) is 6.92 Å². The number of aromatic nitrogens is 1. The van der Waals surface area contributed by atoms with E-state index >= 15 is 0 Å². The van der Waals surface area contributed by atoms with Crippen molar-refractivity contribution >= 4 is 6.29 Å². The van der Waals surface area contributed by atoms with Gasteiger partial charge >= 0.3 is 0 Å². The molecular weight excluding hydrogens is 214 g/mol. The number of rotatable bonds is 4. The standard InChI is InChI=1S/C14H13NO2/c1-11-4-6-13(7-5-11)17-14-12(8-10-16)3-2-9-15-14/h2-7,9-10H,8H2,1H3. The van der Waals surface area contributed by atoms with Crippen molar-refractivity contribution in [3.05, 3.63) is 53.7 Å². The van der Waals surface area contributed by atoms with Crippen LogP contribution in [0.4, 0.5) is 0 Å². The molecule has 0 amide bonds. The first-order chi connectivity index (χ1) is 8.29. The summed E-state index contributed by atoms with van der Waals surface area (Å²) in [5.41, 5.74) is 1.97. The highest BCUT2D eigenvalue weighted by atomic mass is 16.5. The second-order valence-electron chi connectivity index (χ2n) is 3.75. The van der Waals surface area contributed by atoms with Gasteiger partial charge in [0.1, 0.15) is 12.0 Å². The Labute approximate surface area is 100 Å². The van der Waals surface area contributed by atoms with Gasteiger partial charge in [0, 0.05) is 18.2 Å². The molecule has 0 atom stereocenters. The Balaban J connectivity index is 2.23. The number of ether oxygens (including phenoxy) is 1. The van der Waals surface area contributed by atoms with E-state index < -0.39 is 0 Å². The van der Waals surface area contributed by atoms with Gasteiger partial charge in [0.15, 0.2) is 0 Å². The minimum Gasteiger partial charge on any atom is -0.439 e. The molecule has 0 saturated carbocycles. The predicted molar refractivity (Wildman–Crippen MR) is 65.3 cm³/mol. The van der Waals surface area contributed by atoms with Crippen LogP contribution >= 0.6 is 0 Å². The summed E-state index contributed by atoms with van der Waals surface area (Å²) < 4.78 is 5.65. The third kappa shape index (κ3) is 2.91. The molecule has 86 valence electrons. The van der Waals surface area contributed by atoms with Crippen LogP contribution in [0.3, 0.4) is 0 Å². The molecule has 0 aliphatic heterocycles. The van der Waals surface area contributed by atoms with E-state index in [9.17, 15) is 4.79 Å². The molecule has 0 N–H and O–H groups in total. The molecule has 1 aromatic heterocycles. The number of carbonyl (C=O) groups excluding carboxylic acids is 1. The van der Waals surface area contributed by atoms with Crippen molar-refractivity contribution in [1.29, 1.82) is 0 Å². The van der Waals surface area contributed by atoms with Gasteiger partial charge in [-0.2, -0.15) is 0 Å². The maximum Gasteiger partial charge on any atom is 0.222 e. The number of benzene rings is 1. The fourth-order valence-corrected chi connectivity index (χ4v) is 1.48. The van der Waals surface area contributed by atoms with Gasteiger partial charge in [-0.1, -0.05) is 23.8 Å². The molecule has 2 rings (SSSR count). The second-order valence-corrected chi connectivity index (χ2v) is 3.75. The van der Waals surface area contributed by atoms with Gasteiger partial charge in [0.25, 0.3) is 0 Å². The normalized spacial score (nSPS) is 9.94. The molecule has 0 bridgehead atoms. The van der Waals surface area contributed by atoms with E-state index in [1.165, 1.54) is 5.56 Å². The lowest BCUT2D eigenvalue weighted by molar-refractivity contribution is -0.107. The van der Waals surface area contributed by atoms with Gasteiger partial charge in [-0.15, -0.1) is 0 Å². The number of hydrogen-bond acceptors (Lipinski definition) is 3. The Morgan fingerprint density at radius 3 is 2.71 bits per heavy atom. The van der Waals surface area contributed by atoms with Crippen molar-refractivity contribution in [3.63, 3.8) is 0 Å². The summed E-state index contributed by atoms with van der Waals surface area (Å²) in [6, 6.07) is 11.3. The highest BCUT2D eigenvalue weighted by molar-refractivity contribution is 5.56. The van der Waals surface area contributed by atoms with Crippen LogP contribution in [0.1, 0.15) is 11.1 Å². The fraction of sp³-hybridized carbons (Fsp3) is 0.143. The maximum absolute atomic E-state index is 10.5. The Bertz CT molecular complexity index is 506. The summed E-state index contributed by atoms with van der Waals surface area (Å²) in [5, 5.41) is 0. The summed E-state index contributed by atoms with van der Waals surface area (Å²) >= 11 is 0. The van der Waals surface area contributed by atoms with Gasteiger partial charge in [0.2, 0.25) is 5.88 Å². The Kier molecular flexibility index (Phi) is 3.50. The van der Waals surface area contributed by atoms with E-state index in [4.69, 9.17) is 4.74 Å². The van der Waals surface area contributed by atoms with Crippen molar-refractivity contribution in [3.8, 4) is 11.6 Å². The van der Waals surface area contributed by atoms with Crippen LogP contribution in [-0.4, -0.2) is 11.3 Å². The molecular formula is C14H13NO2. The molecule has 1 heterocycles. The smallest absolute Gasteiger partial charge is 0.222 e. The maximum atomic E-state index is 10.5. The molecule has 1 aromatic carbocycles. The van der Waals surface area contributed by atoms with E-state index in [0.717, 1.165) is 17.6 Å². The third-order valence-corrected chi connectivity index (χ3v) is 2.39. The Hall–Kier alpha value is -2.16. The quantitative estimate of drug-likeness (QED) is 0.754. The van der Waals surface area contributed by atoms with Crippen molar-refractivity contribution in [2.24, 2.45) is 0 Å². The Morgan fingerprint density at radius 2 is 2.00 bits per heavy atom. The predicted octanol–water partition coefficient (Wildman–Crippen LogP) is 2.92. The minimum absolute atomic E-state index is 0.315. The highest BCUT2D eigenvalue weighted by Crippen LogP contribution is 2.22. The van der Waals surface area contributed by atoms with Gasteiger partial charge in [-0.05, 0) is 25.1 Å². The van der Waals surface area contributed by atoms with E-state index in [2.05, 4.69) is 4.98 Å². The molecule has 0 radical (unpaired) electrons. The lowest BCUT2D eigenvalue weighted by Crippen LogP contribution is -1.95. The second kappa shape index (κ2) is 5.25. The van der Waals surface area contributed by atoms with Crippen LogP contribution in [0.2, 0.25) is 0 Å². The van der Waals surface area contributed by atoms with E-state index in [0.29, 0.717) is 12.3 Å². The van der Waals surface area contributed by atoms with Crippen LogP contribution in [0.25, 0.3) is 0 Å². The molecule has 0 aliphatic carbocycles. The van der Waals surface area contributed by atoms with Gasteiger partial charge < -0.3 is 9.53 Å². The van der Waals surface area contributed by atoms with Gasteiger partial charge in [-0.3, -0.25) is 0 Å². The first kappa shape index (κ1) is 11.3.